The van der Waals surface area contributed by atoms with E-state index in [9.17, 15) is 0 Å². The number of anilines is 1. The zero-order valence-electron chi connectivity index (χ0n) is 15.3. The van der Waals surface area contributed by atoms with E-state index in [-0.39, 0.29) is 24.0 Å². The molecule has 1 aliphatic rings. The minimum Gasteiger partial charge on any atom is -0.377 e. The molecule has 0 saturated heterocycles. The number of nitrogens with zero attached hydrogens (tertiary/aromatic N) is 1. The zero-order valence-corrected chi connectivity index (χ0v) is 17.7. The van der Waals surface area contributed by atoms with Gasteiger partial charge in [-0.25, -0.2) is 4.99 Å². The number of nitrogens with two attached hydrogens (primary N) is 1. The predicted octanol–water partition coefficient (Wildman–Crippen LogP) is 4.65. The highest BCUT2D eigenvalue weighted by Gasteiger charge is 2.13. The van der Waals surface area contributed by atoms with Gasteiger partial charge in [0.1, 0.15) is 0 Å². The molecule has 140 valence electrons. The van der Waals surface area contributed by atoms with Gasteiger partial charge in [-0.05, 0) is 60.9 Å². The number of ether oxygens (including phenoxy) is 1. The highest BCUT2D eigenvalue weighted by Crippen LogP contribution is 2.27. The Kier molecular flexibility index (Phi) is 8.38. The van der Waals surface area contributed by atoms with Gasteiger partial charge in [-0.15, -0.1) is 24.0 Å². The number of halogens is 1. The molecule has 0 atom stereocenters. The van der Waals surface area contributed by atoms with Gasteiger partial charge < -0.3 is 15.8 Å². The van der Waals surface area contributed by atoms with Gasteiger partial charge in [0, 0.05) is 12.3 Å². The van der Waals surface area contributed by atoms with E-state index in [0.29, 0.717) is 19.1 Å². The lowest BCUT2D eigenvalue weighted by molar-refractivity contribution is 0.134. The molecule has 5 heteroatoms. The van der Waals surface area contributed by atoms with Crippen LogP contribution in [0.15, 0.2) is 47.5 Å². The maximum Gasteiger partial charge on any atom is 0.193 e. The summed E-state index contributed by atoms with van der Waals surface area (Å²) >= 11 is 0. The number of hydrogen-bond donors (Lipinski definition) is 2. The van der Waals surface area contributed by atoms with Crippen LogP contribution in [0.2, 0.25) is 0 Å². The van der Waals surface area contributed by atoms with Crippen molar-refractivity contribution in [2.75, 3.05) is 11.9 Å². The van der Waals surface area contributed by atoms with Crippen LogP contribution in [0, 0.1) is 0 Å². The average Bonchev–Trinajstić information content (AvgIpc) is 2.66. The van der Waals surface area contributed by atoms with E-state index in [1.165, 1.54) is 29.5 Å². The van der Waals surface area contributed by atoms with Crippen molar-refractivity contribution in [1.82, 2.24) is 0 Å². The summed E-state index contributed by atoms with van der Waals surface area (Å²) in [4.78, 5) is 4.48. The van der Waals surface area contributed by atoms with Crippen molar-refractivity contribution >= 4 is 35.6 Å². The summed E-state index contributed by atoms with van der Waals surface area (Å²) in [5.74, 6) is 0.470. The fourth-order valence-corrected chi connectivity index (χ4v) is 3.21. The van der Waals surface area contributed by atoms with E-state index in [1.807, 2.05) is 6.92 Å². The molecular weight excluding hydrogens is 437 g/mol. The summed E-state index contributed by atoms with van der Waals surface area (Å²) in [7, 11) is 0. The average molecular weight is 465 g/mol. The van der Waals surface area contributed by atoms with Crippen LogP contribution in [-0.2, 0) is 30.7 Å². The zero-order chi connectivity index (χ0) is 17.5. The summed E-state index contributed by atoms with van der Waals surface area (Å²) in [5, 5.41) is 3.29. The van der Waals surface area contributed by atoms with Gasteiger partial charge in [0.25, 0.3) is 0 Å². The largest absolute Gasteiger partial charge is 0.377 e. The number of aryl methyl sites for hydroxylation is 1. The number of rotatable bonds is 6. The number of aliphatic imine (C=N–C) groups is 1. The lowest BCUT2D eigenvalue weighted by Crippen LogP contribution is -2.24. The molecule has 0 aromatic heterocycles. The monoisotopic (exact) mass is 465 g/mol. The highest BCUT2D eigenvalue weighted by atomic mass is 127. The van der Waals surface area contributed by atoms with Gasteiger partial charge in [0.15, 0.2) is 5.96 Å². The van der Waals surface area contributed by atoms with Crippen LogP contribution < -0.4 is 11.1 Å². The van der Waals surface area contributed by atoms with E-state index < -0.39 is 0 Å². The SMILES string of the molecule is CCOCc1ccc(CN=C(N)Nc2cccc3c2CCCC3)cc1.I. The van der Waals surface area contributed by atoms with E-state index in [4.69, 9.17) is 10.5 Å². The Morgan fingerprint density at radius 3 is 2.58 bits per heavy atom. The number of guanidine groups is 1. The predicted molar refractivity (Wildman–Crippen MR) is 119 cm³/mol. The molecule has 0 heterocycles. The molecule has 3 rings (SSSR count). The third-order valence-electron chi connectivity index (χ3n) is 4.59. The molecule has 0 radical (unpaired) electrons. The Morgan fingerprint density at radius 1 is 1.08 bits per heavy atom. The first-order valence-corrected chi connectivity index (χ1v) is 9.09. The van der Waals surface area contributed by atoms with Crippen LogP contribution in [0.25, 0.3) is 0 Å². The Balaban J connectivity index is 0.00000243. The summed E-state index contributed by atoms with van der Waals surface area (Å²) in [6.07, 6.45) is 4.80. The molecule has 0 fully saturated rings. The Labute approximate surface area is 173 Å². The Bertz CT molecular complexity index is 729. The van der Waals surface area contributed by atoms with Crippen molar-refractivity contribution in [1.29, 1.82) is 0 Å². The molecule has 0 unspecified atom stereocenters. The third-order valence-corrected chi connectivity index (χ3v) is 4.59. The number of hydrogen-bond acceptors (Lipinski definition) is 2. The van der Waals surface area contributed by atoms with E-state index in [2.05, 4.69) is 52.8 Å². The quantitative estimate of drug-likeness (QED) is 0.371. The van der Waals surface area contributed by atoms with Crippen LogP contribution in [0.3, 0.4) is 0 Å². The third kappa shape index (κ3) is 5.71. The van der Waals surface area contributed by atoms with Crippen LogP contribution in [0.4, 0.5) is 5.69 Å². The normalized spacial score (nSPS) is 13.7. The molecule has 1 aliphatic carbocycles. The fourth-order valence-electron chi connectivity index (χ4n) is 3.21. The minimum absolute atomic E-state index is 0. The van der Waals surface area contributed by atoms with Crippen molar-refractivity contribution in [3.8, 4) is 0 Å². The van der Waals surface area contributed by atoms with Crippen LogP contribution in [0.5, 0.6) is 0 Å². The van der Waals surface area contributed by atoms with Crippen molar-refractivity contribution in [2.45, 2.75) is 45.8 Å². The Hall–Kier alpha value is -1.60. The maximum absolute atomic E-state index is 6.10. The fraction of sp³-hybridized carbons (Fsp3) is 0.381. The van der Waals surface area contributed by atoms with E-state index in [1.54, 1.807) is 0 Å². The maximum atomic E-state index is 6.10. The molecule has 0 aliphatic heterocycles. The second-order valence-electron chi connectivity index (χ2n) is 6.43. The molecule has 2 aromatic rings. The van der Waals surface area contributed by atoms with Crippen molar-refractivity contribution in [3.63, 3.8) is 0 Å². The first kappa shape index (κ1) is 20.7. The number of fused-ring (bicyclic) bond motifs is 1. The van der Waals surface area contributed by atoms with Gasteiger partial charge in [0.2, 0.25) is 0 Å². The molecular formula is C21H28IN3O. The first-order valence-electron chi connectivity index (χ1n) is 9.09. The van der Waals surface area contributed by atoms with Crippen LogP contribution in [0.1, 0.15) is 42.0 Å². The molecule has 0 saturated carbocycles. The molecule has 2 aromatic carbocycles. The van der Waals surface area contributed by atoms with Crippen LogP contribution >= 0.6 is 24.0 Å². The summed E-state index contributed by atoms with van der Waals surface area (Å²) < 4.78 is 5.41. The Morgan fingerprint density at radius 2 is 1.81 bits per heavy atom. The van der Waals surface area contributed by atoms with Crippen molar-refractivity contribution in [3.05, 3.63) is 64.7 Å². The van der Waals surface area contributed by atoms with Gasteiger partial charge in [-0.3, -0.25) is 0 Å². The summed E-state index contributed by atoms with van der Waals surface area (Å²) in [6, 6.07) is 14.7. The lowest BCUT2D eigenvalue weighted by Gasteiger charge is -2.19. The van der Waals surface area contributed by atoms with Crippen LogP contribution in [-0.4, -0.2) is 12.6 Å². The standard InChI is InChI=1S/C21H27N3O.HI/c1-2-25-15-17-12-10-16(11-13-17)14-23-21(22)24-20-9-5-7-18-6-3-4-8-19(18)20;/h5,7,9-13H,2-4,6,8,14-15H2,1H3,(H3,22,23,24);1H. The molecule has 3 N–H and O–H groups in total. The molecule has 0 spiro atoms. The van der Waals surface area contributed by atoms with E-state index >= 15 is 0 Å². The summed E-state index contributed by atoms with van der Waals surface area (Å²) in [5.41, 5.74) is 12.4. The molecule has 26 heavy (non-hydrogen) atoms. The second kappa shape index (κ2) is 10.5. The van der Waals surface area contributed by atoms with Crippen molar-refractivity contribution in [2.24, 2.45) is 10.7 Å². The van der Waals surface area contributed by atoms with Gasteiger partial charge in [0.05, 0.1) is 13.2 Å². The first-order chi connectivity index (χ1) is 12.3. The number of nitrogens with one attached hydrogen (secondary N) is 1. The van der Waals surface area contributed by atoms with Gasteiger partial charge in [-0.2, -0.15) is 0 Å². The number of benzene rings is 2. The highest BCUT2D eigenvalue weighted by molar-refractivity contribution is 14.0. The second-order valence-corrected chi connectivity index (χ2v) is 6.43. The topological polar surface area (TPSA) is 59.6 Å². The molecule has 0 amide bonds. The summed E-state index contributed by atoms with van der Waals surface area (Å²) in [6.45, 7) is 3.96. The minimum atomic E-state index is 0. The van der Waals surface area contributed by atoms with Gasteiger partial charge in [-0.1, -0.05) is 36.4 Å². The molecule has 0 bridgehead atoms. The van der Waals surface area contributed by atoms with Gasteiger partial charge >= 0.3 is 0 Å². The van der Waals surface area contributed by atoms with E-state index in [0.717, 1.165) is 30.7 Å². The van der Waals surface area contributed by atoms with Crippen molar-refractivity contribution < 1.29 is 4.74 Å². The smallest absolute Gasteiger partial charge is 0.193 e. The lowest BCUT2D eigenvalue weighted by atomic mass is 9.90. The molecule has 4 nitrogen and oxygen atoms in total.